The fraction of sp³-hybridized carbons (Fsp3) is 0.200. The van der Waals surface area contributed by atoms with Gasteiger partial charge in [0.2, 0.25) is 0 Å². The van der Waals surface area contributed by atoms with E-state index in [2.05, 4.69) is 0 Å². The van der Waals surface area contributed by atoms with Gasteiger partial charge in [0.1, 0.15) is 12.4 Å². The van der Waals surface area contributed by atoms with Crippen LogP contribution in [0.3, 0.4) is 0 Å². The average molecular weight is 161 g/mol. The fourth-order valence-corrected chi connectivity index (χ4v) is 1.26. The number of hydrogen-bond donors (Lipinski definition) is 0. The Kier molecular flexibility index (Phi) is 1.61. The van der Waals surface area contributed by atoms with Crippen molar-refractivity contribution in [3.63, 3.8) is 0 Å². The Hall–Kier alpha value is -1.31. The summed E-state index contributed by atoms with van der Waals surface area (Å²) in [5, 5.41) is 0. The molecule has 0 fully saturated rings. The normalized spacial score (nSPS) is 16.9. The van der Waals surface area contributed by atoms with Crippen LogP contribution in [0, 0.1) is 5.92 Å². The Morgan fingerprint density at radius 2 is 2.08 bits per heavy atom. The molecule has 1 aliphatic heterocycles. The molecule has 0 saturated heterocycles. The predicted octanol–water partition coefficient (Wildman–Crippen LogP) is 1.86. The number of hydrogen-bond acceptors (Lipinski definition) is 2. The fourth-order valence-electron chi connectivity index (χ4n) is 1.26. The number of para-hydroxylation sites is 1. The van der Waals surface area contributed by atoms with Crippen molar-refractivity contribution < 1.29 is 9.53 Å². The summed E-state index contributed by atoms with van der Waals surface area (Å²) in [6.07, 6.45) is 0. The van der Waals surface area contributed by atoms with E-state index in [4.69, 9.17) is 4.74 Å². The second kappa shape index (κ2) is 2.63. The maximum Gasteiger partial charge on any atom is 0.177 e. The summed E-state index contributed by atoms with van der Waals surface area (Å²) in [4.78, 5) is 11.5. The smallest absolute Gasteiger partial charge is 0.177 e. The van der Waals surface area contributed by atoms with Gasteiger partial charge in [-0.1, -0.05) is 12.1 Å². The highest BCUT2D eigenvalue weighted by Gasteiger charge is 2.24. The molecule has 2 heteroatoms. The van der Waals surface area contributed by atoms with Crippen LogP contribution < -0.4 is 4.74 Å². The monoisotopic (exact) mass is 161 g/mol. The Morgan fingerprint density at radius 3 is 2.92 bits per heavy atom. The maximum absolute atomic E-state index is 11.5. The molecule has 0 bridgehead atoms. The molecule has 0 aromatic heterocycles. The Balaban J connectivity index is 2.49. The largest absolute Gasteiger partial charge is 0.492 e. The lowest BCUT2D eigenvalue weighted by atomic mass is 9.97. The summed E-state index contributed by atoms with van der Waals surface area (Å²) in [7, 11) is 0. The van der Waals surface area contributed by atoms with Crippen molar-refractivity contribution in [1.82, 2.24) is 0 Å². The Labute approximate surface area is 71.2 Å². The van der Waals surface area contributed by atoms with Crippen LogP contribution in [0.2, 0.25) is 0 Å². The number of ether oxygens (including phenoxy) is 1. The summed E-state index contributed by atoms with van der Waals surface area (Å²) in [5.41, 5.74) is 0.682. The lowest BCUT2D eigenvalue weighted by molar-refractivity contribution is 0.0965. The van der Waals surface area contributed by atoms with Crippen LogP contribution in [-0.2, 0) is 0 Å². The van der Waals surface area contributed by atoms with E-state index >= 15 is 0 Å². The molecule has 0 N–H and O–H groups in total. The molecule has 0 unspecified atom stereocenters. The van der Waals surface area contributed by atoms with Gasteiger partial charge in [-0.15, -0.1) is 0 Å². The van der Waals surface area contributed by atoms with Crippen LogP contribution >= 0.6 is 0 Å². The molecule has 1 aromatic rings. The Bertz CT molecular complexity index is 317. The topological polar surface area (TPSA) is 26.3 Å². The van der Waals surface area contributed by atoms with Crippen molar-refractivity contribution in [2.24, 2.45) is 0 Å². The van der Waals surface area contributed by atoms with Crippen LogP contribution in [-0.4, -0.2) is 12.4 Å². The molecule has 0 atom stereocenters. The summed E-state index contributed by atoms with van der Waals surface area (Å²) in [5.74, 6) is 1.58. The molecule has 1 aliphatic rings. The van der Waals surface area contributed by atoms with Gasteiger partial charge in [0.05, 0.1) is 11.5 Å². The van der Waals surface area contributed by atoms with Crippen LogP contribution in [0.25, 0.3) is 0 Å². The van der Waals surface area contributed by atoms with Gasteiger partial charge in [0.15, 0.2) is 5.78 Å². The second-order valence-corrected chi connectivity index (χ2v) is 2.89. The zero-order chi connectivity index (χ0) is 8.55. The molecule has 1 heterocycles. The van der Waals surface area contributed by atoms with Crippen molar-refractivity contribution in [3.8, 4) is 5.75 Å². The minimum atomic E-state index is 0.108. The van der Waals surface area contributed by atoms with Crippen molar-refractivity contribution >= 4 is 5.78 Å². The number of benzene rings is 1. The van der Waals surface area contributed by atoms with E-state index in [1.54, 1.807) is 13.0 Å². The number of fused-ring (bicyclic) bond motifs is 1. The standard InChI is InChI=1S/C10H9O2/c1-7-6-12-9-5-3-2-4-8(9)10(7)11/h2-5H,6H2,1H3. The first-order chi connectivity index (χ1) is 5.79. The molecule has 1 radical (unpaired) electrons. The first kappa shape index (κ1) is 7.35. The van der Waals surface area contributed by atoms with Crippen LogP contribution in [0.15, 0.2) is 24.3 Å². The number of rotatable bonds is 0. The van der Waals surface area contributed by atoms with Gasteiger partial charge in [-0.05, 0) is 19.1 Å². The molecular weight excluding hydrogens is 152 g/mol. The molecule has 1 aromatic carbocycles. The zero-order valence-corrected chi connectivity index (χ0v) is 6.83. The van der Waals surface area contributed by atoms with Crippen molar-refractivity contribution in [3.05, 3.63) is 35.7 Å². The summed E-state index contributed by atoms with van der Waals surface area (Å²) >= 11 is 0. The van der Waals surface area contributed by atoms with Gasteiger partial charge in [0.25, 0.3) is 0 Å². The number of carbonyl (C=O) groups excluding carboxylic acids is 1. The van der Waals surface area contributed by atoms with Crippen molar-refractivity contribution in [2.45, 2.75) is 6.92 Å². The molecule has 2 rings (SSSR count). The van der Waals surface area contributed by atoms with Crippen LogP contribution in [0.5, 0.6) is 5.75 Å². The molecule has 61 valence electrons. The molecule has 0 saturated carbocycles. The van der Waals surface area contributed by atoms with Gasteiger partial charge in [-0.25, -0.2) is 0 Å². The summed E-state index contributed by atoms with van der Waals surface area (Å²) in [6.45, 7) is 2.23. The van der Waals surface area contributed by atoms with Gasteiger partial charge in [-0.3, -0.25) is 4.79 Å². The lowest BCUT2D eigenvalue weighted by Crippen LogP contribution is -2.23. The number of ketones is 1. The molecule has 0 spiro atoms. The summed E-state index contributed by atoms with van der Waals surface area (Å²) in [6, 6.07) is 7.32. The molecule has 2 nitrogen and oxygen atoms in total. The third-order valence-electron chi connectivity index (χ3n) is 1.96. The first-order valence-electron chi connectivity index (χ1n) is 3.88. The van der Waals surface area contributed by atoms with E-state index in [0.717, 1.165) is 5.92 Å². The summed E-state index contributed by atoms with van der Waals surface area (Å²) < 4.78 is 5.35. The predicted molar refractivity (Wildman–Crippen MR) is 45.2 cm³/mol. The van der Waals surface area contributed by atoms with Gasteiger partial charge < -0.3 is 4.74 Å². The minimum absolute atomic E-state index is 0.108. The van der Waals surface area contributed by atoms with E-state index in [0.29, 0.717) is 17.9 Å². The van der Waals surface area contributed by atoms with E-state index in [1.807, 2.05) is 18.2 Å². The minimum Gasteiger partial charge on any atom is -0.492 e. The van der Waals surface area contributed by atoms with Gasteiger partial charge in [0, 0.05) is 0 Å². The van der Waals surface area contributed by atoms with Crippen molar-refractivity contribution in [2.75, 3.05) is 6.61 Å². The highest BCUT2D eigenvalue weighted by molar-refractivity contribution is 6.08. The molecule has 12 heavy (non-hydrogen) atoms. The third kappa shape index (κ3) is 0.998. The van der Waals surface area contributed by atoms with Gasteiger partial charge >= 0.3 is 0 Å². The van der Waals surface area contributed by atoms with E-state index < -0.39 is 0 Å². The SMILES string of the molecule is C[C]1COc2ccccc2C1=O. The Morgan fingerprint density at radius 1 is 1.33 bits per heavy atom. The number of carbonyl (C=O) groups is 1. The maximum atomic E-state index is 11.5. The highest BCUT2D eigenvalue weighted by atomic mass is 16.5. The first-order valence-corrected chi connectivity index (χ1v) is 3.88. The van der Waals surface area contributed by atoms with Crippen LogP contribution in [0.4, 0.5) is 0 Å². The zero-order valence-electron chi connectivity index (χ0n) is 6.83. The van der Waals surface area contributed by atoms with E-state index in [-0.39, 0.29) is 5.78 Å². The lowest BCUT2D eigenvalue weighted by Gasteiger charge is -2.20. The quantitative estimate of drug-likeness (QED) is 0.580. The van der Waals surface area contributed by atoms with E-state index in [9.17, 15) is 4.79 Å². The number of Topliss-reactive ketones (excluding diaryl/α,β-unsaturated/α-hetero) is 1. The third-order valence-corrected chi connectivity index (χ3v) is 1.96. The van der Waals surface area contributed by atoms with Crippen molar-refractivity contribution in [1.29, 1.82) is 0 Å². The molecule has 0 amide bonds. The second-order valence-electron chi connectivity index (χ2n) is 2.89. The van der Waals surface area contributed by atoms with Gasteiger partial charge in [-0.2, -0.15) is 0 Å². The van der Waals surface area contributed by atoms with E-state index in [1.165, 1.54) is 0 Å². The molecular formula is C10H9O2. The average Bonchev–Trinajstić information content (AvgIpc) is 2.12. The highest BCUT2D eigenvalue weighted by Crippen LogP contribution is 2.27. The van der Waals surface area contributed by atoms with Crippen LogP contribution in [0.1, 0.15) is 17.3 Å². The molecule has 0 aliphatic carbocycles.